The van der Waals surface area contributed by atoms with Gasteiger partial charge in [0, 0.05) is 17.7 Å². The Bertz CT molecular complexity index is 1500. The highest BCUT2D eigenvalue weighted by Crippen LogP contribution is 2.35. The van der Waals surface area contributed by atoms with Gasteiger partial charge in [-0.15, -0.1) is 0 Å². The maximum absolute atomic E-state index is 14.2. The minimum Gasteiger partial charge on any atom is -0.495 e. The van der Waals surface area contributed by atoms with E-state index in [1.165, 1.54) is 19.2 Å². The number of sulfonamides is 1. The number of nitrogens with zero attached hydrogens (tertiary/aromatic N) is 3. The van der Waals surface area contributed by atoms with Crippen molar-refractivity contribution in [2.24, 2.45) is 4.99 Å². The molecule has 0 amide bonds. The molecule has 0 radical (unpaired) electrons. The number of anilines is 1. The molecule has 0 aliphatic carbocycles. The second-order valence-electron chi connectivity index (χ2n) is 7.83. The van der Waals surface area contributed by atoms with E-state index in [0.717, 1.165) is 22.0 Å². The van der Waals surface area contributed by atoms with E-state index < -0.39 is 14.9 Å². The number of amidine groups is 1. The third kappa shape index (κ3) is 5.11. The molecule has 0 spiro atoms. The molecule has 4 rings (SSSR count). The summed E-state index contributed by atoms with van der Waals surface area (Å²) in [6, 6.07) is 27.8. The van der Waals surface area contributed by atoms with Gasteiger partial charge in [0.25, 0.3) is 15.7 Å². The van der Waals surface area contributed by atoms with Gasteiger partial charge in [0.2, 0.25) is 0 Å². The largest absolute Gasteiger partial charge is 0.495 e. The van der Waals surface area contributed by atoms with E-state index in [-0.39, 0.29) is 22.1 Å². The molecule has 0 fully saturated rings. The van der Waals surface area contributed by atoms with Crippen LogP contribution in [-0.2, 0) is 10.0 Å². The van der Waals surface area contributed by atoms with Crippen LogP contribution in [0.15, 0.2) is 113 Å². The first-order valence-corrected chi connectivity index (χ1v) is 12.4. The van der Waals surface area contributed by atoms with Crippen molar-refractivity contribution < 1.29 is 18.1 Å². The second kappa shape index (κ2) is 10.4. The van der Waals surface area contributed by atoms with Crippen LogP contribution in [0.25, 0.3) is 0 Å². The van der Waals surface area contributed by atoms with Crippen LogP contribution in [-0.4, -0.2) is 26.3 Å². The Hall–Kier alpha value is -4.50. The standard InChI is InChI=1S/C27H23N3O5S/c1-20-12-14-22(15-13-20)28-27(21-8-4-3-5-9-21)29(25-10-6-7-11-26(25)35-2)36(33,34)24-18-16-23(17-19-24)30(31)32/h3-19H,1-2H3. The van der Waals surface area contributed by atoms with Gasteiger partial charge in [0.1, 0.15) is 11.4 Å². The Balaban J connectivity index is 2.01. The zero-order chi connectivity index (χ0) is 25.7. The first-order chi connectivity index (χ1) is 17.3. The van der Waals surface area contributed by atoms with Crippen molar-refractivity contribution in [2.75, 3.05) is 11.4 Å². The van der Waals surface area contributed by atoms with Crippen molar-refractivity contribution in [3.63, 3.8) is 0 Å². The Morgan fingerprint density at radius 3 is 2.08 bits per heavy atom. The van der Waals surface area contributed by atoms with E-state index in [1.54, 1.807) is 60.7 Å². The molecule has 0 N–H and O–H groups in total. The number of rotatable bonds is 7. The third-order valence-electron chi connectivity index (χ3n) is 5.38. The summed E-state index contributed by atoms with van der Waals surface area (Å²) in [5, 5.41) is 11.1. The smallest absolute Gasteiger partial charge is 0.270 e. The molecule has 0 unspecified atom stereocenters. The number of nitro groups is 1. The van der Waals surface area contributed by atoms with Crippen LogP contribution in [0.2, 0.25) is 0 Å². The van der Waals surface area contributed by atoms with Crippen LogP contribution in [0.3, 0.4) is 0 Å². The molecular formula is C27H23N3O5S. The SMILES string of the molecule is COc1ccccc1N(C(=Nc1ccc(C)cc1)c1ccccc1)S(=O)(=O)c1ccc([N+](=O)[O-])cc1. The maximum atomic E-state index is 14.2. The maximum Gasteiger partial charge on any atom is 0.270 e. The van der Waals surface area contributed by atoms with Gasteiger partial charge in [-0.1, -0.05) is 60.2 Å². The number of methoxy groups -OCH3 is 1. The monoisotopic (exact) mass is 501 g/mol. The van der Waals surface area contributed by atoms with Gasteiger partial charge in [-0.2, -0.15) is 0 Å². The fourth-order valence-electron chi connectivity index (χ4n) is 3.56. The van der Waals surface area contributed by atoms with E-state index >= 15 is 0 Å². The lowest BCUT2D eigenvalue weighted by molar-refractivity contribution is -0.384. The summed E-state index contributed by atoms with van der Waals surface area (Å²) in [6.45, 7) is 1.95. The number of ether oxygens (including phenoxy) is 1. The summed E-state index contributed by atoms with van der Waals surface area (Å²) in [4.78, 5) is 15.2. The molecule has 0 bridgehead atoms. The highest BCUT2D eigenvalue weighted by molar-refractivity contribution is 7.93. The molecule has 4 aromatic carbocycles. The molecule has 0 heterocycles. The van der Waals surface area contributed by atoms with E-state index in [4.69, 9.17) is 9.73 Å². The van der Waals surface area contributed by atoms with Crippen molar-refractivity contribution in [2.45, 2.75) is 11.8 Å². The second-order valence-corrected chi connectivity index (χ2v) is 9.62. The van der Waals surface area contributed by atoms with E-state index in [0.29, 0.717) is 17.0 Å². The van der Waals surface area contributed by atoms with Crippen molar-refractivity contribution in [1.29, 1.82) is 0 Å². The van der Waals surface area contributed by atoms with Gasteiger partial charge in [-0.05, 0) is 43.3 Å². The summed E-state index contributed by atoms with van der Waals surface area (Å²) in [7, 11) is -2.85. The van der Waals surface area contributed by atoms with Crippen LogP contribution < -0.4 is 9.04 Å². The summed E-state index contributed by atoms with van der Waals surface area (Å²) < 4.78 is 34.9. The van der Waals surface area contributed by atoms with Gasteiger partial charge in [-0.25, -0.2) is 17.7 Å². The highest BCUT2D eigenvalue weighted by atomic mass is 32.2. The molecule has 36 heavy (non-hydrogen) atoms. The lowest BCUT2D eigenvalue weighted by Crippen LogP contribution is -2.38. The number of non-ortho nitro benzene ring substituents is 1. The van der Waals surface area contributed by atoms with Crippen LogP contribution in [0.4, 0.5) is 17.1 Å². The molecule has 9 heteroatoms. The van der Waals surface area contributed by atoms with Gasteiger partial charge < -0.3 is 4.74 Å². The van der Waals surface area contributed by atoms with Gasteiger partial charge in [0.15, 0.2) is 5.84 Å². The summed E-state index contributed by atoms with van der Waals surface area (Å²) in [5.41, 5.74) is 2.17. The lowest BCUT2D eigenvalue weighted by atomic mass is 10.2. The lowest BCUT2D eigenvalue weighted by Gasteiger charge is -2.27. The highest BCUT2D eigenvalue weighted by Gasteiger charge is 2.33. The molecule has 0 saturated heterocycles. The predicted molar refractivity (Wildman–Crippen MR) is 140 cm³/mol. The first-order valence-electron chi connectivity index (χ1n) is 10.9. The fourth-order valence-corrected chi connectivity index (χ4v) is 5.03. The minimum absolute atomic E-state index is 0.133. The number of hydrogen-bond acceptors (Lipinski definition) is 6. The Morgan fingerprint density at radius 2 is 1.47 bits per heavy atom. The van der Waals surface area contributed by atoms with Crippen LogP contribution in [0.1, 0.15) is 11.1 Å². The Morgan fingerprint density at radius 1 is 0.861 bits per heavy atom. The number of aliphatic imine (C=N–C) groups is 1. The van der Waals surface area contributed by atoms with E-state index in [2.05, 4.69) is 0 Å². The zero-order valence-corrected chi connectivity index (χ0v) is 20.4. The summed E-state index contributed by atoms with van der Waals surface area (Å²) in [5.74, 6) is 0.456. The van der Waals surface area contributed by atoms with Crippen molar-refractivity contribution >= 4 is 32.9 Å². The number of benzene rings is 4. The van der Waals surface area contributed by atoms with Crippen molar-refractivity contribution in [3.8, 4) is 5.75 Å². The molecule has 0 aliphatic rings. The van der Waals surface area contributed by atoms with Gasteiger partial charge in [0.05, 0.1) is 22.6 Å². The average Bonchev–Trinajstić information content (AvgIpc) is 2.90. The summed E-state index contributed by atoms with van der Waals surface area (Å²) >= 11 is 0. The van der Waals surface area contributed by atoms with Crippen molar-refractivity contribution in [1.82, 2.24) is 0 Å². The molecule has 0 aliphatic heterocycles. The number of aryl methyl sites for hydroxylation is 1. The van der Waals surface area contributed by atoms with E-state index in [9.17, 15) is 18.5 Å². The van der Waals surface area contributed by atoms with E-state index in [1.807, 2.05) is 25.1 Å². The molecule has 0 aromatic heterocycles. The van der Waals surface area contributed by atoms with Crippen LogP contribution >= 0.6 is 0 Å². The van der Waals surface area contributed by atoms with Gasteiger partial charge in [-0.3, -0.25) is 10.1 Å². The molecule has 4 aromatic rings. The molecule has 0 saturated carbocycles. The van der Waals surface area contributed by atoms with Gasteiger partial charge >= 0.3 is 0 Å². The van der Waals surface area contributed by atoms with Crippen LogP contribution in [0, 0.1) is 17.0 Å². The summed E-state index contributed by atoms with van der Waals surface area (Å²) in [6.07, 6.45) is 0. The minimum atomic E-state index is -4.30. The predicted octanol–water partition coefficient (Wildman–Crippen LogP) is 5.89. The van der Waals surface area contributed by atoms with Crippen molar-refractivity contribution in [3.05, 3.63) is 124 Å². The normalized spacial score (nSPS) is 11.7. The Kier molecular flexibility index (Phi) is 7.12. The van der Waals surface area contributed by atoms with Crippen LogP contribution in [0.5, 0.6) is 5.75 Å². The quantitative estimate of drug-likeness (QED) is 0.136. The first kappa shape index (κ1) is 24.6. The molecular weight excluding hydrogens is 478 g/mol. The molecule has 182 valence electrons. The number of para-hydroxylation sites is 2. The molecule has 0 atom stereocenters. The zero-order valence-electron chi connectivity index (χ0n) is 19.6. The topological polar surface area (TPSA) is 102 Å². The average molecular weight is 502 g/mol. The fraction of sp³-hybridized carbons (Fsp3) is 0.0741. The number of hydrogen-bond donors (Lipinski definition) is 0. The Labute approximate surface area is 209 Å². The third-order valence-corrected chi connectivity index (χ3v) is 7.10. The molecule has 8 nitrogen and oxygen atoms in total. The number of nitro benzene ring substituents is 1.